The average Bonchev–Trinajstić information content (AvgIpc) is 2.14. The van der Waals surface area contributed by atoms with Gasteiger partial charge in [-0.3, -0.25) is 0 Å². The van der Waals surface area contributed by atoms with Crippen LogP contribution in [0.5, 0.6) is 0 Å². The number of aliphatic hydroxyl groups excluding tert-OH is 2. The Morgan fingerprint density at radius 3 is 2.12 bits per heavy atom. The van der Waals surface area contributed by atoms with E-state index in [1.54, 1.807) is 19.1 Å². The fourth-order valence-corrected chi connectivity index (χ4v) is 1.90. The highest BCUT2D eigenvalue weighted by Crippen LogP contribution is 2.35. The average molecular weight is 243 g/mol. The Morgan fingerprint density at radius 2 is 1.75 bits per heavy atom. The van der Waals surface area contributed by atoms with Crippen LogP contribution in [0, 0.1) is 5.41 Å². The zero-order valence-electron chi connectivity index (χ0n) is 10.2. The summed E-state index contributed by atoms with van der Waals surface area (Å²) in [5.41, 5.74) is 1.24. The Hall–Kier alpha value is -0.570. The molecule has 90 valence electrons. The van der Waals surface area contributed by atoms with E-state index in [4.69, 9.17) is 11.6 Å². The van der Waals surface area contributed by atoms with E-state index in [2.05, 4.69) is 0 Å². The molecule has 2 nitrogen and oxygen atoms in total. The first-order valence-electron chi connectivity index (χ1n) is 5.39. The van der Waals surface area contributed by atoms with E-state index in [1.807, 2.05) is 26.8 Å². The van der Waals surface area contributed by atoms with E-state index < -0.39 is 12.2 Å². The molecule has 0 radical (unpaired) electrons. The van der Waals surface area contributed by atoms with Crippen LogP contribution in [-0.4, -0.2) is 10.2 Å². The second-order valence-corrected chi connectivity index (χ2v) is 5.63. The van der Waals surface area contributed by atoms with Crippen LogP contribution in [0.2, 0.25) is 5.02 Å². The summed E-state index contributed by atoms with van der Waals surface area (Å²) in [6, 6.07) is 5.29. The lowest BCUT2D eigenvalue weighted by Gasteiger charge is -2.26. The van der Waals surface area contributed by atoms with Crippen LogP contribution in [0.15, 0.2) is 18.2 Å². The molecular formula is C13H19ClO2. The Balaban J connectivity index is 3.07. The Kier molecular flexibility index (Phi) is 4.00. The van der Waals surface area contributed by atoms with Gasteiger partial charge in [-0.05, 0) is 29.5 Å². The second-order valence-electron chi connectivity index (χ2n) is 5.23. The maximum absolute atomic E-state index is 10.1. The highest BCUT2D eigenvalue weighted by Gasteiger charge is 2.24. The number of benzene rings is 1. The van der Waals surface area contributed by atoms with E-state index in [9.17, 15) is 10.2 Å². The van der Waals surface area contributed by atoms with Crippen molar-refractivity contribution in [3.63, 3.8) is 0 Å². The van der Waals surface area contributed by atoms with Gasteiger partial charge in [0.15, 0.2) is 0 Å². The summed E-state index contributed by atoms with van der Waals surface area (Å²) in [6.45, 7) is 7.57. The van der Waals surface area contributed by atoms with Crippen molar-refractivity contribution in [2.75, 3.05) is 0 Å². The van der Waals surface area contributed by atoms with E-state index in [1.165, 1.54) is 0 Å². The van der Waals surface area contributed by atoms with Crippen molar-refractivity contribution in [2.45, 2.75) is 39.9 Å². The quantitative estimate of drug-likeness (QED) is 0.834. The van der Waals surface area contributed by atoms with Crippen LogP contribution in [-0.2, 0) is 0 Å². The number of halogens is 1. The van der Waals surface area contributed by atoms with Gasteiger partial charge in [0.2, 0.25) is 0 Å². The molecule has 2 unspecified atom stereocenters. The number of hydrogen-bond donors (Lipinski definition) is 2. The van der Waals surface area contributed by atoms with Crippen LogP contribution >= 0.6 is 11.6 Å². The predicted molar refractivity (Wildman–Crippen MR) is 66.5 cm³/mol. The number of hydrogen-bond acceptors (Lipinski definition) is 2. The molecule has 0 aliphatic carbocycles. The first-order valence-corrected chi connectivity index (χ1v) is 5.76. The molecule has 1 aromatic carbocycles. The summed E-state index contributed by atoms with van der Waals surface area (Å²) < 4.78 is 0. The summed E-state index contributed by atoms with van der Waals surface area (Å²) in [5.74, 6) is 0. The summed E-state index contributed by atoms with van der Waals surface area (Å²) in [5, 5.41) is 20.0. The molecular weight excluding hydrogens is 224 g/mol. The molecule has 0 fully saturated rings. The molecule has 0 saturated carbocycles. The van der Waals surface area contributed by atoms with Crippen molar-refractivity contribution in [1.82, 2.24) is 0 Å². The predicted octanol–water partition coefficient (Wildman–Crippen LogP) is 3.47. The van der Waals surface area contributed by atoms with Crippen molar-refractivity contribution in [1.29, 1.82) is 0 Å². The van der Waals surface area contributed by atoms with Gasteiger partial charge in [-0.25, -0.2) is 0 Å². The highest BCUT2D eigenvalue weighted by atomic mass is 35.5. The van der Waals surface area contributed by atoms with Gasteiger partial charge in [-0.2, -0.15) is 0 Å². The van der Waals surface area contributed by atoms with Gasteiger partial charge in [-0.1, -0.05) is 44.5 Å². The molecule has 2 atom stereocenters. The summed E-state index contributed by atoms with van der Waals surface area (Å²) in [7, 11) is 0. The van der Waals surface area contributed by atoms with Gasteiger partial charge in [0.1, 0.15) is 0 Å². The fraction of sp³-hybridized carbons (Fsp3) is 0.538. The van der Waals surface area contributed by atoms with E-state index in [-0.39, 0.29) is 5.41 Å². The lowest BCUT2D eigenvalue weighted by molar-refractivity contribution is 0.0626. The lowest BCUT2D eigenvalue weighted by atomic mass is 9.84. The SMILES string of the molecule is CC(O)c1ccc(C(O)C(C)(C)C)cc1Cl. The van der Waals surface area contributed by atoms with Gasteiger partial charge in [0.05, 0.1) is 12.2 Å². The van der Waals surface area contributed by atoms with Crippen LogP contribution in [0.4, 0.5) is 0 Å². The zero-order valence-corrected chi connectivity index (χ0v) is 10.9. The van der Waals surface area contributed by atoms with Crippen LogP contribution in [0.1, 0.15) is 51.0 Å². The molecule has 1 rings (SSSR count). The van der Waals surface area contributed by atoms with E-state index >= 15 is 0 Å². The van der Waals surface area contributed by atoms with Crippen molar-refractivity contribution in [2.24, 2.45) is 5.41 Å². The van der Waals surface area contributed by atoms with Crippen LogP contribution in [0.3, 0.4) is 0 Å². The molecule has 2 N–H and O–H groups in total. The zero-order chi connectivity index (χ0) is 12.5. The minimum absolute atomic E-state index is 0.227. The molecule has 0 aliphatic heterocycles. The second kappa shape index (κ2) is 4.74. The monoisotopic (exact) mass is 242 g/mol. The van der Waals surface area contributed by atoms with E-state index in [0.717, 1.165) is 5.56 Å². The summed E-state index contributed by atoms with van der Waals surface area (Å²) in [6.07, 6.45) is -1.15. The van der Waals surface area contributed by atoms with Gasteiger partial charge < -0.3 is 10.2 Å². The largest absolute Gasteiger partial charge is 0.389 e. The molecule has 0 bridgehead atoms. The molecule has 0 aromatic heterocycles. The highest BCUT2D eigenvalue weighted by molar-refractivity contribution is 6.31. The van der Waals surface area contributed by atoms with Crippen LogP contribution < -0.4 is 0 Å². The third kappa shape index (κ3) is 2.97. The fourth-order valence-electron chi connectivity index (χ4n) is 1.55. The Morgan fingerprint density at radius 1 is 1.19 bits per heavy atom. The Bertz CT molecular complexity index is 367. The minimum Gasteiger partial charge on any atom is -0.389 e. The van der Waals surface area contributed by atoms with Gasteiger partial charge >= 0.3 is 0 Å². The van der Waals surface area contributed by atoms with Crippen molar-refractivity contribution in [3.05, 3.63) is 34.3 Å². The summed E-state index contributed by atoms with van der Waals surface area (Å²) >= 11 is 6.05. The van der Waals surface area contributed by atoms with Gasteiger partial charge in [-0.15, -0.1) is 0 Å². The maximum atomic E-state index is 10.1. The maximum Gasteiger partial charge on any atom is 0.0838 e. The minimum atomic E-state index is -0.590. The normalized spacial score (nSPS) is 15.9. The molecule has 0 aliphatic rings. The van der Waals surface area contributed by atoms with Crippen molar-refractivity contribution < 1.29 is 10.2 Å². The Labute approximate surface area is 102 Å². The molecule has 0 heterocycles. The molecule has 3 heteroatoms. The van der Waals surface area contributed by atoms with Gasteiger partial charge in [0.25, 0.3) is 0 Å². The molecule has 1 aromatic rings. The van der Waals surface area contributed by atoms with Crippen molar-refractivity contribution >= 4 is 11.6 Å². The lowest BCUT2D eigenvalue weighted by Crippen LogP contribution is -2.17. The first kappa shape index (κ1) is 13.5. The molecule has 0 amide bonds. The topological polar surface area (TPSA) is 40.5 Å². The number of aliphatic hydroxyl groups is 2. The first-order chi connectivity index (χ1) is 7.23. The molecule has 0 spiro atoms. The molecule has 16 heavy (non-hydrogen) atoms. The third-order valence-electron chi connectivity index (χ3n) is 2.61. The summed E-state index contributed by atoms with van der Waals surface area (Å²) in [4.78, 5) is 0. The van der Waals surface area contributed by atoms with Gasteiger partial charge in [0, 0.05) is 5.02 Å². The smallest absolute Gasteiger partial charge is 0.0838 e. The number of rotatable bonds is 2. The van der Waals surface area contributed by atoms with Crippen molar-refractivity contribution in [3.8, 4) is 0 Å². The standard InChI is InChI=1S/C13H19ClO2/c1-8(15)10-6-5-9(7-11(10)14)12(16)13(2,3)4/h5-8,12,15-16H,1-4H3. The van der Waals surface area contributed by atoms with Crippen LogP contribution in [0.25, 0.3) is 0 Å². The van der Waals surface area contributed by atoms with E-state index in [0.29, 0.717) is 10.6 Å². The third-order valence-corrected chi connectivity index (χ3v) is 2.94. The molecule has 0 saturated heterocycles.